The van der Waals surface area contributed by atoms with Gasteiger partial charge in [0, 0.05) is 18.3 Å². The Morgan fingerprint density at radius 1 is 0.895 bits per heavy atom. The molecule has 1 unspecified atom stereocenters. The van der Waals surface area contributed by atoms with Crippen LogP contribution in [0, 0.1) is 0 Å². The predicted octanol–water partition coefficient (Wildman–Crippen LogP) is 3.61. The fourth-order valence-corrected chi connectivity index (χ4v) is 2.64. The summed E-state index contributed by atoms with van der Waals surface area (Å²) in [5, 5.41) is 10.6. The molecule has 96 valence electrons. The van der Waals surface area contributed by atoms with Crippen LogP contribution >= 0.6 is 0 Å². The minimum absolute atomic E-state index is 0.186. The van der Waals surface area contributed by atoms with E-state index in [9.17, 15) is 5.11 Å². The van der Waals surface area contributed by atoms with Crippen molar-refractivity contribution < 1.29 is 5.11 Å². The molecule has 0 aliphatic carbocycles. The first-order valence-electron chi connectivity index (χ1n) is 6.61. The quantitative estimate of drug-likeness (QED) is 0.753. The van der Waals surface area contributed by atoms with Gasteiger partial charge in [0.1, 0.15) is 0 Å². The van der Waals surface area contributed by atoms with Crippen LogP contribution < -0.4 is 0 Å². The second-order valence-corrected chi connectivity index (χ2v) is 4.72. The number of hydrogen-bond acceptors (Lipinski definition) is 1. The lowest BCUT2D eigenvalue weighted by atomic mass is 10.0. The first-order chi connectivity index (χ1) is 9.40. The Kier molecular flexibility index (Phi) is 3.34. The van der Waals surface area contributed by atoms with Crippen molar-refractivity contribution >= 4 is 10.9 Å². The molecule has 2 aromatic carbocycles. The summed E-state index contributed by atoms with van der Waals surface area (Å²) in [5.41, 5.74) is 2.45. The van der Waals surface area contributed by atoms with Crippen LogP contribution in [0.3, 0.4) is 0 Å². The first kappa shape index (κ1) is 12.0. The Morgan fingerprint density at radius 2 is 1.63 bits per heavy atom. The van der Waals surface area contributed by atoms with E-state index in [1.807, 2.05) is 18.2 Å². The molecule has 3 rings (SSSR count). The largest absolute Gasteiger partial charge is 0.396 e. The van der Waals surface area contributed by atoms with E-state index in [0.717, 1.165) is 6.42 Å². The minimum Gasteiger partial charge on any atom is -0.396 e. The van der Waals surface area contributed by atoms with Crippen molar-refractivity contribution in [2.45, 2.75) is 12.5 Å². The fourth-order valence-electron chi connectivity index (χ4n) is 2.64. The molecular weight excluding hydrogens is 234 g/mol. The van der Waals surface area contributed by atoms with E-state index in [4.69, 9.17) is 0 Å². The van der Waals surface area contributed by atoms with Crippen molar-refractivity contribution in [1.82, 2.24) is 4.57 Å². The Balaban J connectivity index is 2.10. The van der Waals surface area contributed by atoms with Gasteiger partial charge in [-0.1, -0.05) is 48.5 Å². The molecule has 19 heavy (non-hydrogen) atoms. The number of hydrogen-bond donors (Lipinski definition) is 1. The zero-order valence-electron chi connectivity index (χ0n) is 10.7. The third-order valence-electron chi connectivity index (χ3n) is 3.55. The number of rotatable bonds is 4. The van der Waals surface area contributed by atoms with Gasteiger partial charge in [0.15, 0.2) is 0 Å². The van der Waals surface area contributed by atoms with Crippen molar-refractivity contribution in [2.75, 3.05) is 6.61 Å². The second kappa shape index (κ2) is 5.29. The molecule has 0 aliphatic rings. The second-order valence-electron chi connectivity index (χ2n) is 4.72. The van der Waals surface area contributed by atoms with Crippen molar-refractivity contribution in [3.05, 3.63) is 72.4 Å². The van der Waals surface area contributed by atoms with Crippen LogP contribution in [0.4, 0.5) is 0 Å². The number of aliphatic hydroxyl groups excluding tert-OH is 1. The Bertz CT molecular complexity index is 657. The van der Waals surface area contributed by atoms with Gasteiger partial charge in [0.2, 0.25) is 0 Å². The summed E-state index contributed by atoms with van der Waals surface area (Å²) in [6.45, 7) is 0.187. The number of aromatic nitrogens is 1. The van der Waals surface area contributed by atoms with Gasteiger partial charge in [0.05, 0.1) is 6.04 Å². The van der Waals surface area contributed by atoms with Gasteiger partial charge in [-0.2, -0.15) is 0 Å². The van der Waals surface area contributed by atoms with Crippen molar-refractivity contribution in [3.8, 4) is 0 Å². The molecule has 2 heteroatoms. The fraction of sp³-hybridized carbons (Fsp3) is 0.176. The van der Waals surface area contributed by atoms with E-state index >= 15 is 0 Å². The van der Waals surface area contributed by atoms with Crippen LogP contribution in [0.5, 0.6) is 0 Å². The molecule has 1 N–H and O–H groups in total. The number of benzene rings is 2. The smallest absolute Gasteiger partial charge is 0.0607 e. The SMILES string of the molecule is OCCC(c1ccccc1)n1ccc2ccccc21. The Labute approximate surface area is 112 Å². The van der Waals surface area contributed by atoms with Crippen molar-refractivity contribution in [3.63, 3.8) is 0 Å². The minimum atomic E-state index is 0.186. The maximum atomic E-state index is 9.36. The molecule has 0 fully saturated rings. The van der Waals surface area contributed by atoms with Crippen LogP contribution in [0.1, 0.15) is 18.0 Å². The average molecular weight is 251 g/mol. The van der Waals surface area contributed by atoms with E-state index in [-0.39, 0.29) is 12.6 Å². The predicted molar refractivity (Wildman–Crippen MR) is 78.2 cm³/mol. The molecule has 0 saturated heterocycles. The zero-order chi connectivity index (χ0) is 13.1. The molecule has 3 aromatic rings. The van der Waals surface area contributed by atoms with Gasteiger partial charge < -0.3 is 9.67 Å². The van der Waals surface area contributed by atoms with Crippen LogP contribution in [0.2, 0.25) is 0 Å². The van der Waals surface area contributed by atoms with Gasteiger partial charge in [-0.3, -0.25) is 0 Å². The standard InChI is InChI=1S/C17H17NO/c19-13-11-17(14-6-2-1-3-7-14)18-12-10-15-8-4-5-9-16(15)18/h1-10,12,17,19H,11,13H2. The topological polar surface area (TPSA) is 25.2 Å². The van der Waals surface area contributed by atoms with Crippen LogP contribution in [0.15, 0.2) is 66.9 Å². The van der Waals surface area contributed by atoms with Gasteiger partial charge in [0.25, 0.3) is 0 Å². The van der Waals surface area contributed by atoms with E-state index in [1.165, 1.54) is 16.5 Å². The number of aliphatic hydroxyl groups is 1. The summed E-state index contributed by atoms with van der Waals surface area (Å²) < 4.78 is 2.25. The molecule has 0 radical (unpaired) electrons. The molecule has 2 nitrogen and oxygen atoms in total. The van der Waals surface area contributed by atoms with Gasteiger partial charge in [-0.05, 0) is 29.5 Å². The van der Waals surface area contributed by atoms with E-state index in [0.29, 0.717) is 0 Å². The molecular formula is C17H17NO. The monoisotopic (exact) mass is 251 g/mol. The lowest BCUT2D eigenvalue weighted by Gasteiger charge is -2.20. The molecule has 0 amide bonds. The molecule has 0 spiro atoms. The zero-order valence-corrected chi connectivity index (χ0v) is 10.7. The summed E-state index contributed by atoms with van der Waals surface area (Å²) >= 11 is 0. The number of nitrogens with zero attached hydrogens (tertiary/aromatic N) is 1. The maximum absolute atomic E-state index is 9.36. The van der Waals surface area contributed by atoms with Gasteiger partial charge >= 0.3 is 0 Å². The van der Waals surface area contributed by atoms with Gasteiger partial charge in [-0.15, -0.1) is 0 Å². The third kappa shape index (κ3) is 2.27. The summed E-state index contributed by atoms with van der Waals surface area (Å²) in [6, 6.07) is 21.0. The molecule has 0 saturated carbocycles. The van der Waals surface area contributed by atoms with Crippen LogP contribution in [-0.2, 0) is 0 Å². The highest BCUT2D eigenvalue weighted by molar-refractivity contribution is 5.80. The van der Waals surface area contributed by atoms with E-state index in [2.05, 4.69) is 53.2 Å². The Morgan fingerprint density at radius 3 is 2.42 bits per heavy atom. The van der Waals surface area contributed by atoms with Gasteiger partial charge in [-0.25, -0.2) is 0 Å². The summed E-state index contributed by atoms with van der Waals surface area (Å²) in [7, 11) is 0. The average Bonchev–Trinajstić information content (AvgIpc) is 2.89. The summed E-state index contributed by atoms with van der Waals surface area (Å²) in [6.07, 6.45) is 2.83. The Hall–Kier alpha value is -2.06. The normalized spacial score (nSPS) is 12.7. The van der Waals surface area contributed by atoms with Crippen LogP contribution in [0.25, 0.3) is 10.9 Å². The maximum Gasteiger partial charge on any atom is 0.0607 e. The first-order valence-corrected chi connectivity index (χ1v) is 6.61. The van der Waals surface area contributed by atoms with Crippen molar-refractivity contribution in [1.29, 1.82) is 0 Å². The third-order valence-corrected chi connectivity index (χ3v) is 3.55. The van der Waals surface area contributed by atoms with Crippen molar-refractivity contribution in [2.24, 2.45) is 0 Å². The van der Waals surface area contributed by atoms with Crippen LogP contribution in [-0.4, -0.2) is 16.3 Å². The lowest BCUT2D eigenvalue weighted by molar-refractivity contribution is 0.269. The highest BCUT2D eigenvalue weighted by Gasteiger charge is 2.14. The van der Waals surface area contributed by atoms with E-state index < -0.39 is 0 Å². The van der Waals surface area contributed by atoms with E-state index in [1.54, 1.807) is 0 Å². The number of para-hydroxylation sites is 1. The number of fused-ring (bicyclic) bond motifs is 1. The summed E-state index contributed by atoms with van der Waals surface area (Å²) in [5.74, 6) is 0. The highest BCUT2D eigenvalue weighted by Crippen LogP contribution is 2.27. The highest BCUT2D eigenvalue weighted by atomic mass is 16.3. The molecule has 1 aromatic heterocycles. The molecule has 1 heterocycles. The molecule has 0 aliphatic heterocycles. The summed E-state index contributed by atoms with van der Waals surface area (Å²) in [4.78, 5) is 0. The lowest BCUT2D eigenvalue weighted by Crippen LogP contribution is -2.11. The molecule has 1 atom stereocenters. The molecule has 0 bridgehead atoms.